The first-order valence-electron chi connectivity index (χ1n) is 6.61. The lowest BCUT2D eigenvalue weighted by Crippen LogP contribution is -2.01. The molecule has 108 valence electrons. The number of benzene rings is 2. The molecule has 0 fully saturated rings. The van der Waals surface area contributed by atoms with E-state index in [-0.39, 0.29) is 0 Å². The summed E-state index contributed by atoms with van der Waals surface area (Å²) in [6.07, 6.45) is 0. The van der Waals surface area contributed by atoms with Crippen molar-refractivity contribution >= 4 is 5.69 Å². The first kappa shape index (κ1) is 14.7. The second-order valence-electron chi connectivity index (χ2n) is 4.92. The summed E-state index contributed by atoms with van der Waals surface area (Å²) in [6, 6.07) is 11.3. The Hall–Kier alpha value is -2.67. The average molecular weight is 282 g/mol. The highest BCUT2D eigenvalue weighted by Gasteiger charge is 2.08. The minimum absolute atomic E-state index is 0.393. The third kappa shape index (κ3) is 3.26. The van der Waals surface area contributed by atoms with E-state index in [0.29, 0.717) is 17.9 Å². The van der Waals surface area contributed by atoms with Crippen molar-refractivity contribution in [3.63, 3.8) is 0 Å². The smallest absolute Gasteiger partial charge is 0.136 e. The summed E-state index contributed by atoms with van der Waals surface area (Å²) in [5.74, 6) is 1.40. The fourth-order valence-electron chi connectivity index (χ4n) is 2.30. The SMILES string of the molecule is COc1ccc(COc2c(C)cc(N)cc2C)cc1C#N. The number of aryl methyl sites for hydroxylation is 2. The van der Waals surface area contributed by atoms with E-state index in [2.05, 4.69) is 6.07 Å². The van der Waals surface area contributed by atoms with Crippen molar-refractivity contribution in [2.75, 3.05) is 12.8 Å². The maximum atomic E-state index is 9.09. The quantitative estimate of drug-likeness (QED) is 0.873. The summed E-state index contributed by atoms with van der Waals surface area (Å²) in [5.41, 5.74) is 9.96. The Morgan fingerprint density at radius 1 is 1.14 bits per heavy atom. The number of nitriles is 1. The van der Waals surface area contributed by atoms with Gasteiger partial charge in [0.15, 0.2) is 0 Å². The number of hydrogen-bond acceptors (Lipinski definition) is 4. The maximum Gasteiger partial charge on any atom is 0.136 e. The molecule has 4 heteroatoms. The largest absolute Gasteiger partial charge is 0.495 e. The van der Waals surface area contributed by atoms with Gasteiger partial charge >= 0.3 is 0 Å². The number of rotatable bonds is 4. The molecule has 0 aliphatic heterocycles. The van der Waals surface area contributed by atoms with Crippen LogP contribution in [0, 0.1) is 25.2 Å². The van der Waals surface area contributed by atoms with Crippen LogP contribution in [0.5, 0.6) is 11.5 Å². The summed E-state index contributed by atoms with van der Waals surface area (Å²) in [6.45, 7) is 4.32. The van der Waals surface area contributed by atoms with E-state index in [1.165, 1.54) is 0 Å². The summed E-state index contributed by atoms with van der Waals surface area (Å²) in [4.78, 5) is 0. The van der Waals surface area contributed by atoms with Gasteiger partial charge in [0.05, 0.1) is 12.7 Å². The van der Waals surface area contributed by atoms with Crippen LogP contribution in [0.2, 0.25) is 0 Å². The molecule has 0 amide bonds. The van der Waals surface area contributed by atoms with Crippen LogP contribution < -0.4 is 15.2 Å². The van der Waals surface area contributed by atoms with E-state index in [4.69, 9.17) is 20.5 Å². The highest BCUT2D eigenvalue weighted by atomic mass is 16.5. The standard InChI is InChI=1S/C17H18N2O2/c1-11-6-15(19)7-12(2)17(11)21-10-13-4-5-16(20-3)14(8-13)9-18/h4-8H,10,19H2,1-3H3. The molecule has 0 heterocycles. The van der Waals surface area contributed by atoms with Crippen LogP contribution in [0.3, 0.4) is 0 Å². The van der Waals surface area contributed by atoms with E-state index in [0.717, 1.165) is 28.1 Å². The van der Waals surface area contributed by atoms with Gasteiger partial charge in [-0.2, -0.15) is 5.26 Å². The zero-order chi connectivity index (χ0) is 15.4. The molecule has 2 aromatic rings. The lowest BCUT2D eigenvalue weighted by Gasteiger charge is -2.13. The first-order chi connectivity index (χ1) is 10.0. The molecule has 2 aromatic carbocycles. The fraction of sp³-hybridized carbons (Fsp3) is 0.235. The van der Waals surface area contributed by atoms with Crippen LogP contribution in [-0.2, 0) is 6.61 Å². The van der Waals surface area contributed by atoms with Crippen molar-refractivity contribution in [3.8, 4) is 17.6 Å². The van der Waals surface area contributed by atoms with Gasteiger partial charge in [-0.1, -0.05) is 6.07 Å². The van der Waals surface area contributed by atoms with Gasteiger partial charge < -0.3 is 15.2 Å². The van der Waals surface area contributed by atoms with E-state index in [1.54, 1.807) is 19.2 Å². The Morgan fingerprint density at radius 2 is 1.81 bits per heavy atom. The molecule has 4 nitrogen and oxygen atoms in total. The van der Waals surface area contributed by atoms with Gasteiger partial charge in [0, 0.05) is 5.69 Å². The maximum absolute atomic E-state index is 9.09. The van der Waals surface area contributed by atoms with Gasteiger partial charge in [0.1, 0.15) is 24.2 Å². The average Bonchev–Trinajstić information content (AvgIpc) is 2.45. The van der Waals surface area contributed by atoms with E-state index in [9.17, 15) is 0 Å². The summed E-state index contributed by atoms with van der Waals surface area (Å²) in [7, 11) is 1.55. The zero-order valence-corrected chi connectivity index (χ0v) is 12.4. The van der Waals surface area contributed by atoms with E-state index < -0.39 is 0 Å². The van der Waals surface area contributed by atoms with Gasteiger partial charge in [-0.15, -0.1) is 0 Å². The molecule has 0 bridgehead atoms. The Kier molecular flexibility index (Phi) is 4.34. The third-order valence-corrected chi connectivity index (χ3v) is 3.25. The Balaban J connectivity index is 2.19. The van der Waals surface area contributed by atoms with Crippen LogP contribution in [0.4, 0.5) is 5.69 Å². The Morgan fingerprint density at radius 3 is 2.38 bits per heavy atom. The topological polar surface area (TPSA) is 68.3 Å². The van der Waals surface area contributed by atoms with Crippen molar-refractivity contribution in [1.82, 2.24) is 0 Å². The van der Waals surface area contributed by atoms with Gasteiger partial charge in [-0.05, 0) is 54.8 Å². The minimum Gasteiger partial charge on any atom is -0.495 e. The van der Waals surface area contributed by atoms with Crippen LogP contribution in [0.25, 0.3) is 0 Å². The van der Waals surface area contributed by atoms with Crippen LogP contribution in [0.15, 0.2) is 30.3 Å². The first-order valence-corrected chi connectivity index (χ1v) is 6.61. The molecule has 0 atom stereocenters. The fourth-order valence-corrected chi connectivity index (χ4v) is 2.30. The van der Waals surface area contributed by atoms with E-state index >= 15 is 0 Å². The zero-order valence-electron chi connectivity index (χ0n) is 12.4. The molecule has 0 spiro atoms. The van der Waals surface area contributed by atoms with Crippen LogP contribution in [0.1, 0.15) is 22.3 Å². The number of nitrogen functional groups attached to an aromatic ring is 1. The summed E-state index contributed by atoms with van der Waals surface area (Å²) in [5, 5.41) is 9.09. The molecule has 0 saturated heterocycles. The molecule has 21 heavy (non-hydrogen) atoms. The molecule has 2 rings (SSSR count). The number of anilines is 1. The lowest BCUT2D eigenvalue weighted by atomic mass is 10.1. The van der Waals surface area contributed by atoms with Crippen molar-refractivity contribution in [2.24, 2.45) is 0 Å². The second-order valence-corrected chi connectivity index (χ2v) is 4.92. The second kappa shape index (κ2) is 6.19. The summed E-state index contributed by atoms with van der Waals surface area (Å²) < 4.78 is 11.0. The third-order valence-electron chi connectivity index (χ3n) is 3.25. The molecule has 0 saturated carbocycles. The Bertz CT molecular complexity index is 679. The van der Waals surface area contributed by atoms with Crippen molar-refractivity contribution in [1.29, 1.82) is 5.26 Å². The van der Waals surface area contributed by atoms with Crippen molar-refractivity contribution < 1.29 is 9.47 Å². The predicted molar refractivity (Wildman–Crippen MR) is 82.4 cm³/mol. The molecular formula is C17H18N2O2. The number of nitrogens with two attached hydrogens (primary N) is 1. The number of nitrogens with zero attached hydrogens (tertiary/aromatic N) is 1. The monoisotopic (exact) mass is 282 g/mol. The Labute approximate surface area is 124 Å². The van der Waals surface area contributed by atoms with Gasteiger partial charge in [0.25, 0.3) is 0 Å². The number of methoxy groups -OCH3 is 1. The van der Waals surface area contributed by atoms with E-state index in [1.807, 2.05) is 32.0 Å². The molecule has 2 N–H and O–H groups in total. The lowest BCUT2D eigenvalue weighted by molar-refractivity contribution is 0.301. The molecule has 0 unspecified atom stereocenters. The molecule has 0 aromatic heterocycles. The molecule has 0 aliphatic carbocycles. The van der Waals surface area contributed by atoms with Gasteiger partial charge in [-0.3, -0.25) is 0 Å². The van der Waals surface area contributed by atoms with Crippen LogP contribution >= 0.6 is 0 Å². The molecule has 0 radical (unpaired) electrons. The van der Waals surface area contributed by atoms with Crippen LogP contribution in [-0.4, -0.2) is 7.11 Å². The normalized spacial score (nSPS) is 10.0. The molecular weight excluding hydrogens is 264 g/mol. The number of ether oxygens (including phenoxy) is 2. The van der Waals surface area contributed by atoms with Gasteiger partial charge in [0.2, 0.25) is 0 Å². The van der Waals surface area contributed by atoms with Crippen molar-refractivity contribution in [3.05, 3.63) is 52.6 Å². The highest BCUT2D eigenvalue weighted by molar-refractivity contribution is 5.52. The minimum atomic E-state index is 0.393. The molecule has 0 aliphatic rings. The van der Waals surface area contributed by atoms with Gasteiger partial charge in [-0.25, -0.2) is 0 Å². The highest BCUT2D eigenvalue weighted by Crippen LogP contribution is 2.27. The van der Waals surface area contributed by atoms with Crippen molar-refractivity contribution in [2.45, 2.75) is 20.5 Å². The predicted octanol–water partition coefficient (Wildman–Crippen LogP) is 3.34. The summed E-state index contributed by atoms with van der Waals surface area (Å²) >= 11 is 0. The number of hydrogen-bond donors (Lipinski definition) is 1.